The molecule has 4 rings (SSSR count). The topological polar surface area (TPSA) is 77.5 Å². The Balaban J connectivity index is 1.38. The van der Waals surface area contributed by atoms with Crippen molar-refractivity contribution in [3.8, 4) is 17.0 Å². The molecule has 140 valence electrons. The molecule has 0 saturated carbocycles. The number of anilines is 1. The normalized spacial score (nSPS) is 10.6. The van der Waals surface area contributed by atoms with E-state index >= 15 is 0 Å². The molecule has 0 unspecified atom stereocenters. The molecule has 2 heterocycles. The van der Waals surface area contributed by atoms with Gasteiger partial charge in [0.25, 0.3) is 5.91 Å². The van der Waals surface area contributed by atoms with Crippen LogP contribution in [0.15, 0.2) is 81.7 Å². The number of rotatable bonds is 6. The van der Waals surface area contributed by atoms with Gasteiger partial charge in [-0.15, -0.1) is 0 Å². The van der Waals surface area contributed by atoms with E-state index in [4.69, 9.17) is 13.7 Å². The number of para-hydroxylation sites is 1. The third-order valence-electron chi connectivity index (χ3n) is 4.10. The van der Waals surface area contributed by atoms with Crippen molar-refractivity contribution in [3.63, 3.8) is 0 Å². The number of hydrogen-bond donors (Lipinski definition) is 1. The Morgan fingerprint density at radius 2 is 1.82 bits per heavy atom. The van der Waals surface area contributed by atoms with Crippen molar-refractivity contribution >= 4 is 11.8 Å². The van der Waals surface area contributed by atoms with Crippen molar-refractivity contribution < 1.29 is 18.5 Å². The molecule has 2 aromatic carbocycles. The largest absolute Gasteiger partial charge is 0.486 e. The summed E-state index contributed by atoms with van der Waals surface area (Å²) in [6, 6.07) is 22.2. The summed E-state index contributed by atoms with van der Waals surface area (Å²) in [6.45, 7) is 2.25. The SMILES string of the molecule is Cc1ccc(-c2cc(NC(=O)c3ccc(COc4ccccc4)o3)on2)cc1. The lowest BCUT2D eigenvalue weighted by Crippen LogP contribution is -2.10. The number of aryl methyl sites for hydroxylation is 1. The molecule has 1 amide bonds. The average Bonchev–Trinajstić information content (AvgIpc) is 3.38. The van der Waals surface area contributed by atoms with Crippen molar-refractivity contribution in [2.24, 2.45) is 0 Å². The Bertz CT molecular complexity index is 1070. The molecule has 6 heteroatoms. The molecule has 4 aromatic rings. The van der Waals surface area contributed by atoms with Gasteiger partial charge in [-0.3, -0.25) is 10.1 Å². The molecule has 0 bridgehead atoms. The zero-order valence-corrected chi connectivity index (χ0v) is 15.2. The summed E-state index contributed by atoms with van der Waals surface area (Å²) >= 11 is 0. The highest BCUT2D eigenvalue weighted by molar-refractivity contribution is 6.01. The maximum absolute atomic E-state index is 12.4. The van der Waals surface area contributed by atoms with Crippen molar-refractivity contribution in [2.45, 2.75) is 13.5 Å². The number of aromatic nitrogens is 1. The molecule has 2 aromatic heterocycles. The Labute approximate surface area is 161 Å². The van der Waals surface area contributed by atoms with Gasteiger partial charge in [-0.05, 0) is 31.2 Å². The van der Waals surface area contributed by atoms with Crippen LogP contribution in [-0.2, 0) is 6.61 Å². The van der Waals surface area contributed by atoms with E-state index in [9.17, 15) is 4.79 Å². The molecular formula is C22H18N2O4. The Morgan fingerprint density at radius 1 is 1.04 bits per heavy atom. The van der Waals surface area contributed by atoms with E-state index in [-0.39, 0.29) is 18.3 Å². The molecular weight excluding hydrogens is 356 g/mol. The maximum atomic E-state index is 12.4. The van der Waals surface area contributed by atoms with E-state index in [1.165, 1.54) is 0 Å². The minimum atomic E-state index is -0.419. The summed E-state index contributed by atoms with van der Waals surface area (Å²) in [6.07, 6.45) is 0. The molecule has 28 heavy (non-hydrogen) atoms. The third-order valence-corrected chi connectivity index (χ3v) is 4.10. The quantitative estimate of drug-likeness (QED) is 0.509. The van der Waals surface area contributed by atoms with Gasteiger partial charge in [0.2, 0.25) is 5.88 Å². The molecule has 0 saturated heterocycles. The monoisotopic (exact) mass is 374 g/mol. The summed E-state index contributed by atoms with van der Waals surface area (Å²) in [5.74, 6) is 1.28. The summed E-state index contributed by atoms with van der Waals surface area (Å²) in [4.78, 5) is 12.4. The van der Waals surface area contributed by atoms with Gasteiger partial charge in [0.15, 0.2) is 5.76 Å². The fraction of sp³-hybridized carbons (Fsp3) is 0.0909. The summed E-state index contributed by atoms with van der Waals surface area (Å²) in [5.41, 5.74) is 2.71. The van der Waals surface area contributed by atoms with E-state index in [0.29, 0.717) is 11.5 Å². The number of nitrogens with zero attached hydrogens (tertiary/aromatic N) is 1. The minimum absolute atomic E-state index is 0.167. The van der Waals surface area contributed by atoms with E-state index in [1.54, 1.807) is 18.2 Å². The van der Waals surface area contributed by atoms with Crippen molar-refractivity contribution in [1.82, 2.24) is 5.16 Å². The molecule has 0 aliphatic heterocycles. The number of ether oxygens (including phenoxy) is 1. The van der Waals surface area contributed by atoms with E-state index in [0.717, 1.165) is 16.9 Å². The summed E-state index contributed by atoms with van der Waals surface area (Å²) < 4.78 is 16.4. The number of benzene rings is 2. The smallest absolute Gasteiger partial charge is 0.293 e. The zero-order chi connectivity index (χ0) is 19.3. The van der Waals surface area contributed by atoms with Gasteiger partial charge in [0.1, 0.15) is 23.8 Å². The first-order chi connectivity index (χ1) is 13.7. The third kappa shape index (κ3) is 4.12. The number of furan rings is 1. The van der Waals surface area contributed by atoms with Gasteiger partial charge in [-0.25, -0.2) is 0 Å². The highest BCUT2D eigenvalue weighted by atomic mass is 16.5. The molecule has 1 N–H and O–H groups in total. The zero-order valence-electron chi connectivity index (χ0n) is 15.2. The molecule has 6 nitrogen and oxygen atoms in total. The molecule has 0 radical (unpaired) electrons. The number of carbonyl (C=O) groups is 1. The molecule has 0 fully saturated rings. The number of hydrogen-bond acceptors (Lipinski definition) is 5. The van der Waals surface area contributed by atoms with Gasteiger partial charge >= 0.3 is 0 Å². The molecule has 0 spiro atoms. The van der Waals surface area contributed by atoms with Gasteiger partial charge in [-0.1, -0.05) is 53.2 Å². The van der Waals surface area contributed by atoms with Gasteiger partial charge in [0.05, 0.1) is 0 Å². The van der Waals surface area contributed by atoms with Crippen LogP contribution < -0.4 is 10.1 Å². The van der Waals surface area contributed by atoms with Crippen LogP contribution in [0.3, 0.4) is 0 Å². The van der Waals surface area contributed by atoms with Crippen molar-refractivity contribution in [2.75, 3.05) is 5.32 Å². The second-order valence-electron chi connectivity index (χ2n) is 6.26. The average molecular weight is 374 g/mol. The second-order valence-corrected chi connectivity index (χ2v) is 6.26. The number of amides is 1. The van der Waals surface area contributed by atoms with Crippen LogP contribution in [0.5, 0.6) is 5.75 Å². The standard InChI is InChI=1S/C22H18N2O4/c1-15-7-9-16(10-8-15)19-13-21(28-24-19)23-22(25)20-12-11-18(27-20)14-26-17-5-3-2-4-6-17/h2-13H,14H2,1H3,(H,23,25). The highest BCUT2D eigenvalue weighted by Gasteiger charge is 2.15. The van der Waals surface area contributed by atoms with Crippen LogP contribution in [0.25, 0.3) is 11.3 Å². The first-order valence-electron chi connectivity index (χ1n) is 8.79. The van der Waals surface area contributed by atoms with Crippen LogP contribution in [0.4, 0.5) is 5.88 Å². The summed E-state index contributed by atoms with van der Waals surface area (Å²) in [7, 11) is 0. The van der Waals surface area contributed by atoms with Crippen LogP contribution >= 0.6 is 0 Å². The lowest BCUT2D eigenvalue weighted by Gasteiger charge is -2.03. The predicted octanol–water partition coefficient (Wildman–Crippen LogP) is 5.07. The Morgan fingerprint density at radius 3 is 2.61 bits per heavy atom. The lowest BCUT2D eigenvalue weighted by molar-refractivity contribution is 0.0989. The number of carbonyl (C=O) groups excluding carboxylic acids is 1. The van der Waals surface area contributed by atoms with E-state index in [1.807, 2.05) is 61.5 Å². The fourth-order valence-corrected chi connectivity index (χ4v) is 2.62. The van der Waals surface area contributed by atoms with Crippen LogP contribution in [0.1, 0.15) is 21.9 Å². The van der Waals surface area contributed by atoms with Gasteiger partial charge in [-0.2, -0.15) is 0 Å². The lowest BCUT2D eigenvalue weighted by atomic mass is 10.1. The maximum Gasteiger partial charge on any atom is 0.293 e. The Kier molecular flexibility index (Phi) is 4.93. The highest BCUT2D eigenvalue weighted by Crippen LogP contribution is 2.23. The predicted molar refractivity (Wildman–Crippen MR) is 104 cm³/mol. The van der Waals surface area contributed by atoms with Crippen LogP contribution in [0, 0.1) is 6.92 Å². The van der Waals surface area contributed by atoms with Gasteiger partial charge < -0.3 is 13.7 Å². The van der Waals surface area contributed by atoms with Crippen molar-refractivity contribution in [3.05, 3.63) is 89.9 Å². The first kappa shape index (κ1) is 17.6. The molecule has 0 atom stereocenters. The minimum Gasteiger partial charge on any atom is -0.486 e. The Hall–Kier alpha value is -3.80. The van der Waals surface area contributed by atoms with Crippen LogP contribution in [0.2, 0.25) is 0 Å². The van der Waals surface area contributed by atoms with Gasteiger partial charge in [0, 0.05) is 11.6 Å². The molecule has 0 aliphatic carbocycles. The van der Waals surface area contributed by atoms with E-state index in [2.05, 4.69) is 10.5 Å². The number of nitrogens with one attached hydrogen (secondary N) is 1. The fourth-order valence-electron chi connectivity index (χ4n) is 2.62. The molecule has 0 aliphatic rings. The first-order valence-corrected chi connectivity index (χ1v) is 8.79. The summed E-state index contributed by atoms with van der Waals surface area (Å²) in [5, 5.41) is 6.63. The van der Waals surface area contributed by atoms with Crippen molar-refractivity contribution in [1.29, 1.82) is 0 Å². The van der Waals surface area contributed by atoms with E-state index < -0.39 is 5.91 Å². The second kappa shape index (κ2) is 7.84. The van der Waals surface area contributed by atoms with Crippen LogP contribution in [-0.4, -0.2) is 11.1 Å².